The molecule has 0 saturated carbocycles. The Hall–Kier alpha value is -0.820. The highest BCUT2D eigenvalue weighted by Gasteiger charge is 2.18. The molecular weight excluding hydrogens is 432 g/mol. The molecule has 0 N–H and O–H groups in total. The fourth-order valence-corrected chi connectivity index (χ4v) is 5.72. The SMILES string of the molecule is O=C(COc1ccc(Br)cc1Cl)Oc1ccc(C2SCCS2)cc1. The van der Waals surface area contributed by atoms with Crippen molar-refractivity contribution in [1.82, 2.24) is 0 Å². The molecule has 3 rings (SSSR count). The molecule has 3 nitrogen and oxygen atoms in total. The van der Waals surface area contributed by atoms with Crippen LogP contribution in [-0.4, -0.2) is 24.1 Å². The molecule has 1 fully saturated rings. The number of rotatable bonds is 5. The van der Waals surface area contributed by atoms with Crippen LogP contribution in [0.2, 0.25) is 5.02 Å². The maximum absolute atomic E-state index is 11.9. The summed E-state index contributed by atoms with van der Waals surface area (Å²) in [5.41, 5.74) is 1.25. The summed E-state index contributed by atoms with van der Waals surface area (Å²) in [5.74, 6) is 2.86. The molecule has 0 bridgehead atoms. The number of benzene rings is 2. The molecule has 0 amide bonds. The van der Waals surface area contributed by atoms with Crippen molar-refractivity contribution in [2.75, 3.05) is 18.1 Å². The molecule has 1 heterocycles. The van der Waals surface area contributed by atoms with E-state index in [-0.39, 0.29) is 6.61 Å². The minimum absolute atomic E-state index is 0.197. The number of hydrogen-bond donors (Lipinski definition) is 0. The second-order valence-electron chi connectivity index (χ2n) is 4.98. The molecule has 2 aromatic carbocycles. The van der Waals surface area contributed by atoms with E-state index in [2.05, 4.69) is 15.9 Å². The minimum Gasteiger partial charge on any atom is -0.480 e. The number of carbonyl (C=O) groups is 1. The van der Waals surface area contributed by atoms with Gasteiger partial charge in [-0.15, -0.1) is 23.5 Å². The van der Waals surface area contributed by atoms with E-state index < -0.39 is 5.97 Å². The molecule has 1 saturated heterocycles. The van der Waals surface area contributed by atoms with Crippen molar-refractivity contribution in [3.05, 3.63) is 57.5 Å². The molecule has 126 valence electrons. The normalized spacial score (nSPS) is 14.6. The van der Waals surface area contributed by atoms with Gasteiger partial charge in [-0.25, -0.2) is 4.79 Å². The predicted molar refractivity (Wildman–Crippen MR) is 104 cm³/mol. The van der Waals surface area contributed by atoms with Crippen LogP contribution in [-0.2, 0) is 4.79 Å². The van der Waals surface area contributed by atoms with E-state index in [0.29, 0.717) is 21.1 Å². The van der Waals surface area contributed by atoms with Gasteiger partial charge < -0.3 is 9.47 Å². The van der Waals surface area contributed by atoms with Crippen molar-refractivity contribution in [2.24, 2.45) is 0 Å². The third kappa shape index (κ3) is 4.85. The third-order valence-electron chi connectivity index (χ3n) is 3.25. The van der Waals surface area contributed by atoms with E-state index in [1.165, 1.54) is 17.1 Å². The van der Waals surface area contributed by atoms with Crippen LogP contribution >= 0.6 is 51.1 Å². The van der Waals surface area contributed by atoms with E-state index >= 15 is 0 Å². The van der Waals surface area contributed by atoms with Crippen molar-refractivity contribution in [3.63, 3.8) is 0 Å². The highest BCUT2D eigenvalue weighted by atomic mass is 79.9. The van der Waals surface area contributed by atoms with Crippen molar-refractivity contribution in [1.29, 1.82) is 0 Å². The maximum atomic E-state index is 11.9. The van der Waals surface area contributed by atoms with Crippen LogP contribution in [0.15, 0.2) is 46.9 Å². The molecule has 1 aliphatic heterocycles. The highest BCUT2D eigenvalue weighted by molar-refractivity contribution is 9.10. The molecule has 0 radical (unpaired) electrons. The van der Waals surface area contributed by atoms with Gasteiger partial charge in [-0.2, -0.15) is 0 Å². The molecule has 0 spiro atoms. The predicted octanol–water partition coefficient (Wildman–Crippen LogP) is 5.57. The molecule has 0 aliphatic carbocycles. The highest BCUT2D eigenvalue weighted by Crippen LogP contribution is 2.45. The lowest BCUT2D eigenvalue weighted by atomic mass is 10.2. The Kier molecular flexibility index (Phi) is 6.38. The summed E-state index contributed by atoms with van der Waals surface area (Å²) >= 11 is 13.2. The summed E-state index contributed by atoms with van der Waals surface area (Å²) in [7, 11) is 0. The van der Waals surface area contributed by atoms with Crippen LogP contribution in [0.3, 0.4) is 0 Å². The lowest BCUT2D eigenvalue weighted by molar-refractivity contribution is -0.136. The first-order chi connectivity index (χ1) is 11.6. The first-order valence-corrected chi connectivity index (χ1v) is 10.5. The van der Waals surface area contributed by atoms with Crippen LogP contribution in [0.4, 0.5) is 0 Å². The Labute approximate surface area is 162 Å². The zero-order valence-electron chi connectivity index (χ0n) is 12.5. The fourth-order valence-electron chi connectivity index (χ4n) is 2.13. The van der Waals surface area contributed by atoms with Crippen LogP contribution in [0, 0.1) is 0 Å². The minimum atomic E-state index is -0.466. The molecule has 2 aromatic rings. The van der Waals surface area contributed by atoms with E-state index in [0.717, 1.165) is 4.47 Å². The summed E-state index contributed by atoms with van der Waals surface area (Å²) in [6.45, 7) is -0.197. The standard InChI is InChI=1S/C17H14BrClO3S2/c18-12-3-6-15(14(19)9-12)21-10-16(20)22-13-4-1-11(2-5-13)17-23-7-8-24-17/h1-6,9,17H,7-8,10H2. The van der Waals surface area contributed by atoms with Crippen LogP contribution in [0.5, 0.6) is 11.5 Å². The van der Waals surface area contributed by atoms with Crippen molar-refractivity contribution in [2.45, 2.75) is 4.58 Å². The van der Waals surface area contributed by atoms with Gasteiger partial charge in [0.1, 0.15) is 11.5 Å². The largest absolute Gasteiger partial charge is 0.480 e. The Morgan fingerprint density at radius 3 is 2.54 bits per heavy atom. The molecule has 1 aliphatic rings. The van der Waals surface area contributed by atoms with Gasteiger partial charge in [0.15, 0.2) is 6.61 Å². The first-order valence-electron chi connectivity index (χ1n) is 7.23. The zero-order chi connectivity index (χ0) is 16.9. The maximum Gasteiger partial charge on any atom is 0.349 e. The van der Waals surface area contributed by atoms with E-state index in [4.69, 9.17) is 21.1 Å². The van der Waals surface area contributed by atoms with Gasteiger partial charge in [-0.1, -0.05) is 39.7 Å². The first kappa shape index (κ1) is 18.0. The number of thioether (sulfide) groups is 2. The van der Waals surface area contributed by atoms with Crippen LogP contribution in [0.1, 0.15) is 10.1 Å². The van der Waals surface area contributed by atoms with Crippen LogP contribution < -0.4 is 9.47 Å². The van der Waals surface area contributed by atoms with Gasteiger partial charge in [-0.3, -0.25) is 0 Å². The van der Waals surface area contributed by atoms with Crippen molar-refractivity contribution >= 4 is 57.0 Å². The molecule has 0 aromatic heterocycles. The van der Waals surface area contributed by atoms with E-state index in [1.807, 2.05) is 47.8 Å². The second-order valence-corrected chi connectivity index (χ2v) is 9.03. The molecule has 7 heteroatoms. The Morgan fingerprint density at radius 1 is 1.17 bits per heavy atom. The number of esters is 1. The summed E-state index contributed by atoms with van der Waals surface area (Å²) in [6, 6.07) is 12.9. The topological polar surface area (TPSA) is 35.5 Å². The van der Waals surface area contributed by atoms with Crippen molar-refractivity contribution in [3.8, 4) is 11.5 Å². The number of halogens is 2. The third-order valence-corrected chi connectivity index (χ3v) is 7.14. The average molecular weight is 446 g/mol. The Morgan fingerprint density at radius 2 is 1.88 bits per heavy atom. The lowest BCUT2D eigenvalue weighted by Crippen LogP contribution is -2.17. The van der Waals surface area contributed by atoms with E-state index in [1.54, 1.807) is 18.2 Å². The number of carbonyl (C=O) groups excluding carboxylic acids is 1. The summed E-state index contributed by atoms with van der Waals surface area (Å²) in [4.78, 5) is 11.9. The smallest absolute Gasteiger partial charge is 0.349 e. The van der Waals surface area contributed by atoms with Gasteiger partial charge in [0.05, 0.1) is 9.60 Å². The zero-order valence-corrected chi connectivity index (χ0v) is 16.5. The Balaban J connectivity index is 1.52. The monoisotopic (exact) mass is 444 g/mol. The molecule has 0 unspecified atom stereocenters. The second kappa shape index (κ2) is 8.52. The van der Waals surface area contributed by atoms with Gasteiger partial charge in [-0.05, 0) is 35.9 Å². The summed E-state index contributed by atoms with van der Waals surface area (Å²) in [6.07, 6.45) is 0. The average Bonchev–Trinajstić information content (AvgIpc) is 3.09. The van der Waals surface area contributed by atoms with Crippen LogP contribution in [0.25, 0.3) is 0 Å². The van der Waals surface area contributed by atoms with Gasteiger partial charge in [0.25, 0.3) is 0 Å². The quantitative estimate of drug-likeness (QED) is 0.444. The number of hydrogen-bond acceptors (Lipinski definition) is 5. The van der Waals surface area contributed by atoms with Gasteiger partial charge >= 0.3 is 5.97 Å². The number of ether oxygens (including phenoxy) is 2. The molecule has 24 heavy (non-hydrogen) atoms. The lowest BCUT2D eigenvalue weighted by Gasteiger charge is -2.10. The fraction of sp³-hybridized carbons (Fsp3) is 0.235. The van der Waals surface area contributed by atoms with Crippen molar-refractivity contribution < 1.29 is 14.3 Å². The molecule has 0 atom stereocenters. The van der Waals surface area contributed by atoms with E-state index in [9.17, 15) is 4.79 Å². The van der Waals surface area contributed by atoms with Gasteiger partial charge in [0.2, 0.25) is 0 Å². The Bertz CT molecular complexity index is 718. The molecular formula is C17H14BrClO3S2. The summed E-state index contributed by atoms with van der Waals surface area (Å²) in [5, 5.41) is 0.438. The van der Waals surface area contributed by atoms with Gasteiger partial charge in [0, 0.05) is 16.0 Å². The summed E-state index contributed by atoms with van der Waals surface area (Å²) < 4.78 is 12.0.